The van der Waals surface area contributed by atoms with Gasteiger partial charge in [-0.25, -0.2) is 9.78 Å². The minimum absolute atomic E-state index is 0.00291. The molecule has 6 nitrogen and oxygen atoms in total. The SMILES string of the molecule is Cc1ccc(C)c(NC(=O)N/C(N)=N/c2nc3ccccc3s2)c1. The van der Waals surface area contributed by atoms with Crippen LogP contribution >= 0.6 is 11.3 Å². The molecule has 0 spiro atoms. The fraction of sp³-hybridized carbons (Fsp3) is 0.118. The first-order chi connectivity index (χ1) is 11.5. The summed E-state index contributed by atoms with van der Waals surface area (Å²) in [6.07, 6.45) is 0. The summed E-state index contributed by atoms with van der Waals surface area (Å²) in [6, 6.07) is 13.1. The van der Waals surface area contributed by atoms with E-state index in [2.05, 4.69) is 20.6 Å². The molecule has 4 N–H and O–H groups in total. The van der Waals surface area contributed by atoms with Gasteiger partial charge in [-0.2, -0.15) is 4.99 Å². The number of carbonyl (C=O) groups excluding carboxylic acids is 1. The third kappa shape index (κ3) is 3.69. The first-order valence-electron chi connectivity index (χ1n) is 7.36. The van der Waals surface area contributed by atoms with Crippen LogP contribution in [0.3, 0.4) is 0 Å². The maximum Gasteiger partial charge on any atom is 0.326 e. The summed E-state index contributed by atoms with van der Waals surface area (Å²) in [5.41, 5.74) is 9.42. The third-order valence-electron chi connectivity index (χ3n) is 3.38. The maximum absolute atomic E-state index is 12.0. The number of nitrogens with two attached hydrogens (primary N) is 1. The van der Waals surface area contributed by atoms with E-state index in [1.54, 1.807) is 0 Å². The van der Waals surface area contributed by atoms with Crippen molar-refractivity contribution in [2.45, 2.75) is 13.8 Å². The second kappa shape index (κ2) is 6.67. The van der Waals surface area contributed by atoms with Gasteiger partial charge in [-0.3, -0.25) is 5.32 Å². The van der Waals surface area contributed by atoms with Crippen LogP contribution in [0.25, 0.3) is 10.2 Å². The van der Waals surface area contributed by atoms with Crippen LogP contribution in [-0.4, -0.2) is 17.0 Å². The van der Waals surface area contributed by atoms with E-state index in [-0.39, 0.29) is 5.96 Å². The van der Waals surface area contributed by atoms with E-state index >= 15 is 0 Å². The van der Waals surface area contributed by atoms with Crippen molar-refractivity contribution in [3.63, 3.8) is 0 Å². The first kappa shape index (κ1) is 15.9. The zero-order valence-corrected chi connectivity index (χ0v) is 14.1. The van der Waals surface area contributed by atoms with E-state index in [9.17, 15) is 4.79 Å². The molecule has 0 aliphatic heterocycles. The van der Waals surface area contributed by atoms with Gasteiger partial charge in [0.15, 0.2) is 0 Å². The standard InChI is InChI=1S/C17H17N5OS/c1-10-7-8-11(2)13(9-10)19-16(23)21-15(18)22-17-20-12-5-3-4-6-14(12)24-17/h3-9H,1-2H3,(H4,18,19,20,21,22,23). The summed E-state index contributed by atoms with van der Waals surface area (Å²) in [7, 11) is 0. The van der Waals surface area contributed by atoms with E-state index < -0.39 is 6.03 Å². The Morgan fingerprint density at radius 1 is 1.21 bits per heavy atom. The molecule has 2 amide bonds. The number of thiazole rings is 1. The molecule has 0 fully saturated rings. The van der Waals surface area contributed by atoms with Crippen LogP contribution in [0, 0.1) is 13.8 Å². The van der Waals surface area contributed by atoms with Gasteiger partial charge in [0.05, 0.1) is 10.2 Å². The lowest BCUT2D eigenvalue weighted by Gasteiger charge is -2.10. The number of aliphatic imine (C=N–C) groups is 1. The second-order valence-electron chi connectivity index (χ2n) is 5.36. The van der Waals surface area contributed by atoms with Gasteiger partial charge in [-0.1, -0.05) is 35.6 Å². The first-order valence-corrected chi connectivity index (χ1v) is 8.18. The highest BCUT2D eigenvalue weighted by atomic mass is 32.1. The Labute approximate surface area is 143 Å². The summed E-state index contributed by atoms with van der Waals surface area (Å²) in [6.45, 7) is 3.89. The number of nitrogens with zero attached hydrogens (tertiary/aromatic N) is 2. The number of hydrogen-bond acceptors (Lipinski definition) is 4. The normalized spacial score (nSPS) is 11.5. The smallest absolute Gasteiger partial charge is 0.326 e. The highest BCUT2D eigenvalue weighted by Gasteiger charge is 2.07. The predicted molar refractivity (Wildman–Crippen MR) is 99.0 cm³/mol. The summed E-state index contributed by atoms with van der Waals surface area (Å²) in [5, 5.41) is 5.78. The number of fused-ring (bicyclic) bond motifs is 1. The summed E-state index contributed by atoms with van der Waals surface area (Å²) in [5.74, 6) is -0.00291. The van der Waals surface area contributed by atoms with Crippen molar-refractivity contribution in [2.24, 2.45) is 10.7 Å². The molecule has 7 heteroatoms. The molecule has 24 heavy (non-hydrogen) atoms. The Balaban J connectivity index is 1.70. The molecule has 122 valence electrons. The van der Waals surface area contributed by atoms with Crippen LogP contribution in [0.5, 0.6) is 0 Å². The van der Waals surface area contributed by atoms with Gasteiger partial charge < -0.3 is 11.1 Å². The Hall–Kier alpha value is -2.93. The second-order valence-corrected chi connectivity index (χ2v) is 6.37. The van der Waals surface area contributed by atoms with Crippen LogP contribution in [0.1, 0.15) is 11.1 Å². The molecule has 0 unspecified atom stereocenters. The van der Waals surface area contributed by atoms with Crippen molar-refractivity contribution in [3.8, 4) is 0 Å². The number of hydrogen-bond donors (Lipinski definition) is 3. The number of aryl methyl sites for hydroxylation is 2. The average molecular weight is 339 g/mol. The fourth-order valence-electron chi connectivity index (χ4n) is 2.18. The van der Waals surface area contributed by atoms with Crippen molar-refractivity contribution in [3.05, 3.63) is 53.6 Å². The predicted octanol–water partition coefficient (Wildman–Crippen LogP) is 3.68. The van der Waals surface area contributed by atoms with Crippen LogP contribution in [0.15, 0.2) is 47.5 Å². The van der Waals surface area contributed by atoms with Crippen molar-refractivity contribution >= 4 is 44.4 Å². The van der Waals surface area contributed by atoms with Gasteiger partial charge in [-0.15, -0.1) is 0 Å². The van der Waals surface area contributed by atoms with Crippen LogP contribution in [0.2, 0.25) is 0 Å². The number of nitrogens with one attached hydrogen (secondary N) is 2. The topological polar surface area (TPSA) is 92.4 Å². The summed E-state index contributed by atoms with van der Waals surface area (Å²) in [4.78, 5) is 20.5. The van der Waals surface area contributed by atoms with E-state index in [0.717, 1.165) is 27.0 Å². The number of amides is 2. The van der Waals surface area contributed by atoms with E-state index in [1.807, 2.05) is 56.3 Å². The molecule has 0 aliphatic carbocycles. The zero-order valence-electron chi connectivity index (χ0n) is 13.3. The third-order valence-corrected chi connectivity index (χ3v) is 4.31. The average Bonchev–Trinajstić information content (AvgIpc) is 2.92. The lowest BCUT2D eigenvalue weighted by Crippen LogP contribution is -2.39. The van der Waals surface area contributed by atoms with Crippen molar-refractivity contribution in [1.29, 1.82) is 0 Å². The Morgan fingerprint density at radius 3 is 2.79 bits per heavy atom. The molecule has 0 atom stereocenters. The minimum Gasteiger partial charge on any atom is -0.369 e. The number of carbonyl (C=O) groups is 1. The molecular formula is C17H17N5OS. The summed E-state index contributed by atoms with van der Waals surface area (Å²) < 4.78 is 1.02. The molecule has 0 saturated heterocycles. The zero-order chi connectivity index (χ0) is 17.1. The van der Waals surface area contributed by atoms with Gasteiger partial charge in [0, 0.05) is 5.69 Å². The number of anilines is 1. The molecule has 2 aromatic carbocycles. The molecule has 0 saturated carbocycles. The highest BCUT2D eigenvalue weighted by Crippen LogP contribution is 2.27. The van der Waals surface area contributed by atoms with Crippen LogP contribution in [-0.2, 0) is 0 Å². The van der Waals surface area contributed by atoms with E-state index in [0.29, 0.717) is 5.13 Å². The Bertz CT molecular complexity index is 899. The van der Waals surface area contributed by atoms with Crippen LogP contribution in [0.4, 0.5) is 15.6 Å². The van der Waals surface area contributed by atoms with Gasteiger partial charge in [0.1, 0.15) is 0 Å². The fourth-order valence-corrected chi connectivity index (χ4v) is 3.03. The molecule has 0 radical (unpaired) electrons. The molecule has 0 aliphatic rings. The van der Waals surface area contributed by atoms with Gasteiger partial charge in [0.2, 0.25) is 11.1 Å². The van der Waals surface area contributed by atoms with E-state index in [4.69, 9.17) is 5.73 Å². The summed E-state index contributed by atoms with van der Waals surface area (Å²) >= 11 is 1.41. The van der Waals surface area contributed by atoms with Gasteiger partial charge in [-0.05, 0) is 43.2 Å². The number of rotatable bonds is 2. The molecule has 0 bridgehead atoms. The molecule has 1 aromatic heterocycles. The number of aromatic nitrogens is 1. The minimum atomic E-state index is -0.439. The van der Waals surface area contributed by atoms with Crippen LogP contribution < -0.4 is 16.4 Å². The number of benzene rings is 2. The molecular weight excluding hydrogens is 322 g/mol. The quantitative estimate of drug-likeness (QED) is 0.491. The number of urea groups is 1. The molecule has 3 rings (SSSR count). The largest absolute Gasteiger partial charge is 0.369 e. The monoisotopic (exact) mass is 339 g/mol. The lowest BCUT2D eigenvalue weighted by molar-refractivity contribution is 0.256. The molecule has 3 aromatic rings. The van der Waals surface area contributed by atoms with Crippen molar-refractivity contribution < 1.29 is 4.79 Å². The van der Waals surface area contributed by atoms with Crippen molar-refractivity contribution in [2.75, 3.05) is 5.32 Å². The Morgan fingerprint density at radius 2 is 2.00 bits per heavy atom. The Kier molecular flexibility index (Phi) is 4.43. The van der Waals surface area contributed by atoms with Gasteiger partial charge >= 0.3 is 6.03 Å². The number of para-hydroxylation sites is 1. The highest BCUT2D eigenvalue weighted by molar-refractivity contribution is 7.22. The van der Waals surface area contributed by atoms with Gasteiger partial charge in [0.25, 0.3) is 0 Å². The molecule has 1 heterocycles. The maximum atomic E-state index is 12.0. The number of guanidine groups is 1. The lowest BCUT2D eigenvalue weighted by atomic mass is 10.1. The van der Waals surface area contributed by atoms with Crippen molar-refractivity contribution in [1.82, 2.24) is 10.3 Å². The van der Waals surface area contributed by atoms with E-state index in [1.165, 1.54) is 11.3 Å².